The molecule has 53 valence electrons. The first-order valence-electron chi connectivity index (χ1n) is 2.87. The van der Waals surface area contributed by atoms with Crippen LogP contribution in [0.5, 0.6) is 0 Å². The van der Waals surface area contributed by atoms with Crippen LogP contribution in [0.2, 0.25) is 0 Å². The van der Waals surface area contributed by atoms with Gasteiger partial charge in [-0.05, 0) is 5.41 Å². The molecule has 0 atom stereocenters. The Bertz CT molecular complexity index is 101. The largest absolute Gasteiger partial charge is 0.370 e. The predicted molar refractivity (Wildman–Crippen MR) is 38.8 cm³/mol. The minimum atomic E-state index is -0.00933. The van der Waals surface area contributed by atoms with Crippen molar-refractivity contribution in [2.75, 3.05) is 0 Å². The fourth-order valence-corrected chi connectivity index (χ4v) is 0.294. The van der Waals surface area contributed by atoms with Crippen molar-refractivity contribution in [3.05, 3.63) is 6.54 Å². The lowest BCUT2D eigenvalue weighted by molar-refractivity contribution is 0.473. The molecule has 0 heterocycles. The maximum atomic E-state index is 6.81. The summed E-state index contributed by atoms with van der Waals surface area (Å²) in [6.07, 6.45) is 0. The summed E-state index contributed by atoms with van der Waals surface area (Å²) in [5.74, 6) is -0.00933. The van der Waals surface area contributed by atoms with Gasteiger partial charge in [-0.15, -0.1) is 0 Å². The molecule has 0 aromatic heterocycles. The second-order valence-electron chi connectivity index (χ2n) is 3.07. The molecule has 0 aliphatic rings. The summed E-state index contributed by atoms with van der Waals surface area (Å²) in [4.78, 5) is 0. The quantitative estimate of drug-likeness (QED) is 0.359. The first-order chi connectivity index (χ1) is 3.92. The molecule has 3 heteroatoms. The second-order valence-corrected chi connectivity index (χ2v) is 3.07. The summed E-state index contributed by atoms with van der Waals surface area (Å²) >= 11 is 0. The second kappa shape index (κ2) is 2.71. The van der Waals surface area contributed by atoms with Gasteiger partial charge in [-0.1, -0.05) is 20.8 Å². The van der Waals surface area contributed by atoms with Crippen LogP contribution in [0.1, 0.15) is 20.8 Å². The number of nitrogens with two attached hydrogens (primary N) is 1. The summed E-state index contributed by atoms with van der Waals surface area (Å²) in [5.41, 5.74) is 5.12. The van der Waals surface area contributed by atoms with Crippen LogP contribution in [0.4, 0.5) is 0 Å². The van der Waals surface area contributed by atoms with E-state index in [2.05, 4.69) is 5.32 Å². The van der Waals surface area contributed by atoms with Crippen molar-refractivity contribution in [1.82, 2.24) is 5.32 Å². The zero-order valence-corrected chi connectivity index (χ0v) is 6.15. The van der Waals surface area contributed by atoms with Crippen molar-refractivity contribution in [1.29, 1.82) is 5.41 Å². The molecule has 0 saturated carbocycles. The average molecular weight is 128 g/mol. The number of hydrogen-bond acceptors (Lipinski definition) is 1. The van der Waals surface area contributed by atoms with Crippen molar-refractivity contribution in [3.8, 4) is 0 Å². The van der Waals surface area contributed by atoms with Crippen molar-refractivity contribution in [3.63, 3.8) is 0 Å². The molecule has 9 heavy (non-hydrogen) atoms. The summed E-state index contributed by atoms with van der Waals surface area (Å²) in [6.45, 7) is 7.88. The molecule has 0 saturated heterocycles. The third-order valence-corrected chi connectivity index (χ3v) is 0.661. The fourth-order valence-electron chi connectivity index (χ4n) is 0.294. The Hall–Kier alpha value is -0.730. The van der Waals surface area contributed by atoms with Gasteiger partial charge >= 0.3 is 0 Å². The molecule has 0 spiro atoms. The van der Waals surface area contributed by atoms with Crippen molar-refractivity contribution in [2.45, 2.75) is 20.8 Å². The number of hydrogen-bond donors (Lipinski definition) is 3. The highest BCUT2D eigenvalue weighted by Crippen LogP contribution is 2.13. The number of nitrogens with one attached hydrogen (secondary N) is 2. The van der Waals surface area contributed by atoms with Crippen LogP contribution in [-0.4, -0.2) is 5.96 Å². The molecule has 0 unspecified atom stereocenters. The molecule has 0 bridgehead atoms. The molecule has 4 N–H and O–H groups in total. The SMILES string of the molecule is CC(C)(C)[CH]NC(=N)N. The first-order valence-corrected chi connectivity index (χ1v) is 2.87. The lowest BCUT2D eigenvalue weighted by Crippen LogP contribution is -2.32. The zero-order valence-electron chi connectivity index (χ0n) is 6.15. The van der Waals surface area contributed by atoms with Gasteiger partial charge in [0.05, 0.1) is 6.54 Å². The van der Waals surface area contributed by atoms with Gasteiger partial charge < -0.3 is 11.1 Å². The average Bonchev–Trinajstić information content (AvgIpc) is 1.59. The van der Waals surface area contributed by atoms with Crippen molar-refractivity contribution in [2.24, 2.45) is 11.1 Å². The monoisotopic (exact) mass is 128 g/mol. The Morgan fingerprint density at radius 1 is 1.56 bits per heavy atom. The smallest absolute Gasteiger partial charge is 0.186 e. The summed E-state index contributed by atoms with van der Waals surface area (Å²) in [6, 6.07) is 0. The van der Waals surface area contributed by atoms with Gasteiger partial charge in [0, 0.05) is 0 Å². The summed E-state index contributed by atoms with van der Waals surface area (Å²) < 4.78 is 0. The standard InChI is InChI=1S/C6H14N3/c1-6(2,3)4-9-5(7)8/h4H,1-3H3,(H4,7,8,9). The van der Waals surface area contributed by atoms with E-state index in [0.29, 0.717) is 0 Å². The molecule has 3 nitrogen and oxygen atoms in total. The van der Waals surface area contributed by atoms with E-state index in [0.717, 1.165) is 0 Å². The highest BCUT2D eigenvalue weighted by Gasteiger charge is 2.09. The lowest BCUT2D eigenvalue weighted by Gasteiger charge is -2.17. The Kier molecular flexibility index (Phi) is 2.49. The van der Waals surface area contributed by atoms with Crippen LogP contribution >= 0.6 is 0 Å². The van der Waals surface area contributed by atoms with Gasteiger partial charge in [0.1, 0.15) is 0 Å². The number of rotatable bonds is 1. The van der Waals surface area contributed by atoms with E-state index in [9.17, 15) is 0 Å². The van der Waals surface area contributed by atoms with Crippen LogP contribution in [0.25, 0.3) is 0 Å². The minimum Gasteiger partial charge on any atom is -0.370 e. The zero-order chi connectivity index (χ0) is 7.49. The van der Waals surface area contributed by atoms with Gasteiger partial charge in [-0.3, -0.25) is 5.41 Å². The predicted octanol–water partition coefficient (Wildman–Crippen LogP) is 0.677. The molecular weight excluding hydrogens is 114 g/mol. The highest BCUT2D eigenvalue weighted by atomic mass is 15.0. The minimum absolute atomic E-state index is 0.00933. The Morgan fingerprint density at radius 3 is 2.11 bits per heavy atom. The van der Waals surface area contributed by atoms with Gasteiger partial charge in [0.25, 0.3) is 0 Å². The van der Waals surface area contributed by atoms with Crippen LogP contribution in [0.3, 0.4) is 0 Å². The van der Waals surface area contributed by atoms with Crippen LogP contribution in [-0.2, 0) is 0 Å². The first kappa shape index (κ1) is 8.27. The van der Waals surface area contributed by atoms with Crippen molar-refractivity contribution < 1.29 is 0 Å². The number of guanidine groups is 1. The highest BCUT2D eigenvalue weighted by molar-refractivity contribution is 5.74. The molecule has 0 aliphatic carbocycles. The molecule has 0 aromatic rings. The Balaban J connectivity index is 3.39. The maximum absolute atomic E-state index is 6.81. The fraction of sp³-hybridized carbons (Fsp3) is 0.667. The van der Waals surface area contributed by atoms with Crippen LogP contribution in [0, 0.1) is 17.4 Å². The van der Waals surface area contributed by atoms with Gasteiger partial charge in [-0.25, -0.2) is 0 Å². The van der Waals surface area contributed by atoms with Crippen LogP contribution < -0.4 is 11.1 Å². The lowest BCUT2D eigenvalue weighted by atomic mass is 9.97. The molecule has 0 fully saturated rings. The summed E-state index contributed by atoms with van der Waals surface area (Å²) in [7, 11) is 0. The molecule has 0 aromatic carbocycles. The van der Waals surface area contributed by atoms with Gasteiger partial charge in [-0.2, -0.15) is 0 Å². The van der Waals surface area contributed by atoms with E-state index in [1.54, 1.807) is 6.54 Å². The molecule has 1 radical (unpaired) electrons. The van der Waals surface area contributed by atoms with E-state index in [1.165, 1.54) is 0 Å². The molecule has 0 rings (SSSR count). The van der Waals surface area contributed by atoms with E-state index >= 15 is 0 Å². The Morgan fingerprint density at radius 2 is 2.00 bits per heavy atom. The van der Waals surface area contributed by atoms with Gasteiger partial charge in [0.15, 0.2) is 5.96 Å². The molecule has 0 aliphatic heterocycles. The van der Waals surface area contributed by atoms with E-state index in [4.69, 9.17) is 11.1 Å². The molecule has 0 amide bonds. The van der Waals surface area contributed by atoms with Crippen LogP contribution in [0.15, 0.2) is 0 Å². The van der Waals surface area contributed by atoms with E-state index < -0.39 is 0 Å². The topological polar surface area (TPSA) is 61.9 Å². The Labute approximate surface area is 56.1 Å². The maximum Gasteiger partial charge on any atom is 0.186 e. The third-order valence-electron chi connectivity index (χ3n) is 0.661. The van der Waals surface area contributed by atoms with Gasteiger partial charge in [0.2, 0.25) is 0 Å². The van der Waals surface area contributed by atoms with E-state index in [1.807, 2.05) is 20.8 Å². The normalized spacial score (nSPS) is 11.0. The molecular formula is C6H14N3. The summed E-state index contributed by atoms with van der Waals surface area (Å²) in [5, 5.41) is 9.43. The van der Waals surface area contributed by atoms with Crippen molar-refractivity contribution >= 4 is 5.96 Å². The third kappa shape index (κ3) is 7.27. The van der Waals surface area contributed by atoms with E-state index in [-0.39, 0.29) is 11.4 Å².